The van der Waals surface area contributed by atoms with E-state index in [4.69, 9.17) is 0 Å². The van der Waals surface area contributed by atoms with Gasteiger partial charge in [-0.1, -0.05) is 19.8 Å². The van der Waals surface area contributed by atoms with Crippen molar-refractivity contribution in [3.8, 4) is 0 Å². The van der Waals surface area contributed by atoms with E-state index >= 15 is 0 Å². The molecular formula is C11H12F9I. The molecule has 0 aliphatic rings. The maximum atomic E-state index is 13.7. The van der Waals surface area contributed by atoms with Gasteiger partial charge >= 0.3 is 18.3 Å². The summed E-state index contributed by atoms with van der Waals surface area (Å²) in [7, 11) is 0. The largest absolute Gasteiger partial charge is 0.457 e. The molecule has 10 heteroatoms. The fourth-order valence-electron chi connectivity index (χ4n) is 1.39. The minimum atomic E-state index is -6.66. The van der Waals surface area contributed by atoms with Crippen LogP contribution in [0.2, 0.25) is 0 Å². The van der Waals surface area contributed by atoms with E-state index in [9.17, 15) is 39.5 Å². The van der Waals surface area contributed by atoms with Crippen molar-refractivity contribution in [2.24, 2.45) is 0 Å². The summed E-state index contributed by atoms with van der Waals surface area (Å²) in [5.74, 6) is -6.57. The second-order valence-corrected chi connectivity index (χ2v) is 5.72. The van der Waals surface area contributed by atoms with Crippen LogP contribution in [0.25, 0.3) is 0 Å². The minimum absolute atomic E-state index is 0.204. The summed E-state index contributed by atoms with van der Waals surface area (Å²) in [6, 6.07) is 0. The third-order valence-electron chi connectivity index (χ3n) is 2.60. The van der Waals surface area contributed by atoms with Crippen LogP contribution in [0.5, 0.6) is 0 Å². The number of halogens is 10. The molecule has 0 aliphatic heterocycles. The zero-order valence-corrected chi connectivity index (χ0v) is 12.8. The molecule has 21 heavy (non-hydrogen) atoms. The average Bonchev–Trinajstić information content (AvgIpc) is 2.25. The molecule has 0 aromatic heterocycles. The summed E-state index contributed by atoms with van der Waals surface area (Å²) in [5.41, 5.74) is -5.79. The lowest BCUT2D eigenvalue weighted by atomic mass is 9.95. The molecule has 0 fully saturated rings. The molecule has 0 bridgehead atoms. The molecule has 0 saturated heterocycles. The van der Waals surface area contributed by atoms with Crippen LogP contribution in [-0.2, 0) is 0 Å². The SMILES string of the molecule is CCCCCC(I)=CC(F)(C(F)(F)F)C(F)(F)C(F)(F)F. The van der Waals surface area contributed by atoms with Crippen molar-refractivity contribution in [3.05, 3.63) is 9.66 Å². The Balaban J connectivity index is 5.65. The molecular weight excluding hydrogens is 430 g/mol. The summed E-state index contributed by atoms with van der Waals surface area (Å²) < 4.78 is 113. The van der Waals surface area contributed by atoms with Crippen LogP contribution in [0, 0.1) is 0 Å². The van der Waals surface area contributed by atoms with Gasteiger partial charge in [0.1, 0.15) is 0 Å². The Morgan fingerprint density at radius 1 is 0.857 bits per heavy atom. The molecule has 0 aromatic rings. The first-order valence-corrected chi connectivity index (χ1v) is 6.86. The van der Waals surface area contributed by atoms with E-state index in [1.54, 1.807) is 6.92 Å². The van der Waals surface area contributed by atoms with E-state index in [2.05, 4.69) is 0 Å². The predicted octanol–water partition coefficient (Wildman–Crippen LogP) is 6.35. The van der Waals surface area contributed by atoms with Gasteiger partial charge in [-0.05, 0) is 45.1 Å². The Morgan fingerprint density at radius 3 is 1.67 bits per heavy atom. The predicted molar refractivity (Wildman–Crippen MR) is 67.1 cm³/mol. The van der Waals surface area contributed by atoms with Gasteiger partial charge in [0.2, 0.25) is 0 Å². The fourth-order valence-corrected chi connectivity index (χ4v) is 2.20. The highest BCUT2D eigenvalue weighted by molar-refractivity contribution is 14.1. The van der Waals surface area contributed by atoms with Crippen molar-refractivity contribution in [1.29, 1.82) is 0 Å². The van der Waals surface area contributed by atoms with E-state index in [1.807, 2.05) is 0 Å². The van der Waals surface area contributed by atoms with E-state index < -0.39 is 33.6 Å². The lowest BCUT2D eigenvalue weighted by molar-refractivity contribution is -0.369. The van der Waals surface area contributed by atoms with Gasteiger partial charge in [-0.3, -0.25) is 0 Å². The van der Waals surface area contributed by atoms with Gasteiger partial charge < -0.3 is 0 Å². The smallest absolute Gasteiger partial charge is 0.222 e. The first kappa shape index (κ1) is 20.8. The molecule has 1 unspecified atom stereocenters. The number of alkyl halides is 9. The Morgan fingerprint density at radius 2 is 1.33 bits per heavy atom. The van der Waals surface area contributed by atoms with Crippen LogP contribution in [0.4, 0.5) is 39.5 Å². The Bertz CT molecular complexity index is 369. The normalized spacial score (nSPS) is 17.8. The molecule has 0 amide bonds. The van der Waals surface area contributed by atoms with Crippen molar-refractivity contribution >= 4 is 22.6 Å². The monoisotopic (exact) mass is 442 g/mol. The Labute approximate surface area is 128 Å². The summed E-state index contributed by atoms with van der Waals surface area (Å²) in [4.78, 5) is 0. The number of allylic oxidation sites excluding steroid dienone is 2. The standard InChI is InChI=1S/C11H12F9I/c1-2-3-4-5-7(21)6-8(12,10(15,16)17)9(13,14)11(18,19)20/h6H,2-5H2,1H3. The quantitative estimate of drug-likeness (QED) is 0.256. The van der Waals surface area contributed by atoms with Crippen LogP contribution < -0.4 is 0 Å². The molecule has 0 aromatic carbocycles. The third-order valence-corrected chi connectivity index (χ3v) is 3.45. The maximum Gasteiger partial charge on any atom is 0.457 e. The van der Waals surface area contributed by atoms with Crippen LogP contribution in [0.1, 0.15) is 32.6 Å². The minimum Gasteiger partial charge on any atom is -0.222 e. The Hall–Kier alpha value is -0.160. The Kier molecular flexibility index (Phi) is 6.89. The third kappa shape index (κ3) is 4.65. The van der Waals surface area contributed by atoms with Crippen LogP contribution in [-0.4, -0.2) is 23.9 Å². The number of unbranched alkanes of at least 4 members (excludes halogenated alkanes) is 2. The second-order valence-electron chi connectivity index (χ2n) is 4.33. The van der Waals surface area contributed by atoms with Gasteiger partial charge in [-0.2, -0.15) is 35.1 Å². The van der Waals surface area contributed by atoms with Gasteiger partial charge in [0.05, 0.1) is 0 Å². The topological polar surface area (TPSA) is 0 Å². The van der Waals surface area contributed by atoms with Crippen molar-refractivity contribution in [1.82, 2.24) is 0 Å². The van der Waals surface area contributed by atoms with Crippen molar-refractivity contribution in [2.45, 2.75) is 56.6 Å². The van der Waals surface area contributed by atoms with Gasteiger partial charge in [0.25, 0.3) is 5.67 Å². The van der Waals surface area contributed by atoms with Crippen molar-refractivity contribution in [3.63, 3.8) is 0 Å². The van der Waals surface area contributed by atoms with E-state index in [0.717, 1.165) is 22.6 Å². The zero-order valence-electron chi connectivity index (χ0n) is 10.7. The molecule has 0 N–H and O–H groups in total. The number of rotatable bonds is 6. The zero-order chi connectivity index (χ0) is 17.1. The average molecular weight is 442 g/mol. The maximum absolute atomic E-state index is 13.7. The van der Waals surface area contributed by atoms with Crippen molar-refractivity contribution < 1.29 is 39.5 Å². The number of hydrogen-bond donors (Lipinski definition) is 0. The molecule has 0 radical (unpaired) electrons. The summed E-state index contributed by atoms with van der Waals surface area (Å²) >= 11 is 1.14. The van der Waals surface area contributed by atoms with Gasteiger partial charge in [-0.15, -0.1) is 0 Å². The van der Waals surface area contributed by atoms with E-state index in [0.29, 0.717) is 12.8 Å². The van der Waals surface area contributed by atoms with Crippen molar-refractivity contribution in [2.75, 3.05) is 0 Å². The molecule has 0 spiro atoms. The van der Waals surface area contributed by atoms with Crippen LogP contribution in [0.3, 0.4) is 0 Å². The molecule has 126 valence electrons. The lowest BCUT2D eigenvalue weighted by Crippen LogP contribution is -2.61. The van der Waals surface area contributed by atoms with Gasteiger partial charge in [0.15, 0.2) is 0 Å². The van der Waals surface area contributed by atoms with Crippen LogP contribution >= 0.6 is 22.6 Å². The molecule has 1 atom stereocenters. The first-order chi connectivity index (χ1) is 9.20. The summed E-state index contributed by atoms with van der Waals surface area (Å²) in [6.07, 6.45) is -12.5. The summed E-state index contributed by atoms with van der Waals surface area (Å²) in [5, 5.41) is 0. The van der Waals surface area contributed by atoms with Gasteiger partial charge in [-0.25, -0.2) is 4.39 Å². The fraction of sp³-hybridized carbons (Fsp3) is 0.818. The lowest BCUT2D eigenvalue weighted by Gasteiger charge is -2.34. The van der Waals surface area contributed by atoms with Crippen LogP contribution in [0.15, 0.2) is 9.66 Å². The molecule has 0 heterocycles. The molecule has 0 rings (SSSR count). The van der Waals surface area contributed by atoms with E-state index in [-0.39, 0.29) is 12.8 Å². The van der Waals surface area contributed by atoms with Gasteiger partial charge in [0, 0.05) is 0 Å². The first-order valence-electron chi connectivity index (χ1n) is 5.78. The summed E-state index contributed by atoms with van der Waals surface area (Å²) in [6.45, 7) is 1.75. The molecule has 0 aliphatic carbocycles. The highest BCUT2D eigenvalue weighted by Crippen LogP contribution is 2.54. The molecule has 0 nitrogen and oxygen atoms in total. The second kappa shape index (κ2) is 6.95. The highest BCUT2D eigenvalue weighted by atomic mass is 127. The van der Waals surface area contributed by atoms with E-state index in [1.165, 1.54) is 0 Å². The molecule has 0 saturated carbocycles. The number of hydrogen-bond acceptors (Lipinski definition) is 0. The highest BCUT2D eigenvalue weighted by Gasteiger charge is 2.80.